The van der Waals surface area contributed by atoms with Crippen molar-refractivity contribution in [2.75, 3.05) is 19.1 Å². The second kappa shape index (κ2) is 6.85. The summed E-state index contributed by atoms with van der Waals surface area (Å²) >= 11 is 6.07. The van der Waals surface area contributed by atoms with Gasteiger partial charge in [-0.25, -0.2) is 4.90 Å². The van der Waals surface area contributed by atoms with Gasteiger partial charge in [0.15, 0.2) is 6.10 Å². The highest BCUT2D eigenvalue weighted by Gasteiger charge is 2.51. The second-order valence-corrected chi connectivity index (χ2v) is 6.80. The number of rotatable bonds is 4. The first-order valence-electron chi connectivity index (χ1n) is 8.49. The summed E-state index contributed by atoms with van der Waals surface area (Å²) in [6, 6.07) is 10.2. The summed E-state index contributed by atoms with van der Waals surface area (Å²) in [6.07, 6.45) is -1.04. The lowest BCUT2D eigenvalue weighted by atomic mass is 10.0. The number of nitrogens with zero attached hydrogens (tertiary/aromatic N) is 1. The normalized spacial score (nSPS) is 18.4. The van der Waals surface area contributed by atoms with Gasteiger partial charge in [-0.3, -0.25) is 19.9 Å². The SMILES string of the molecule is COc1ccc(OC)c(C2=C3C(=O)N(c4cc(Cl)ccc4C)C(=O)[C@H]3ON2)c1. The molecule has 2 aromatic carbocycles. The van der Waals surface area contributed by atoms with Crippen molar-refractivity contribution in [1.29, 1.82) is 0 Å². The molecule has 0 aliphatic carbocycles. The van der Waals surface area contributed by atoms with Crippen molar-refractivity contribution in [3.63, 3.8) is 0 Å². The van der Waals surface area contributed by atoms with E-state index >= 15 is 0 Å². The van der Waals surface area contributed by atoms with Crippen molar-refractivity contribution in [3.8, 4) is 11.5 Å². The number of nitrogens with one attached hydrogen (secondary N) is 1. The molecule has 2 aromatic rings. The Balaban J connectivity index is 1.85. The van der Waals surface area contributed by atoms with Gasteiger partial charge in [-0.2, -0.15) is 0 Å². The van der Waals surface area contributed by atoms with Crippen LogP contribution in [0.5, 0.6) is 11.5 Å². The van der Waals surface area contributed by atoms with E-state index in [0.717, 1.165) is 10.5 Å². The number of hydrogen-bond acceptors (Lipinski definition) is 6. The van der Waals surface area contributed by atoms with Crippen LogP contribution in [0.2, 0.25) is 5.02 Å². The molecule has 1 fully saturated rings. The van der Waals surface area contributed by atoms with Crippen molar-refractivity contribution < 1.29 is 23.9 Å². The number of methoxy groups -OCH3 is 2. The van der Waals surface area contributed by atoms with E-state index in [1.807, 2.05) is 0 Å². The number of benzene rings is 2. The molecular weight excluding hydrogens is 384 g/mol. The zero-order valence-electron chi connectivity index (χ0n) is 15.4. The highest BCUT2D eigenvalue weighted by molar-refractivity contribution is 6.34. The number of anilines is 1. The van der Waals surface area contributed by atoms with Gasteiger partial charge in [0, 0.05) is 10.6 Å². The summed E-state index contributed by atoms with van der Waals surface area (Å²) in [5.41, 5.74) is 5.05. The maximum absolute atomic E-state index is 13.2. The van der Waals surface area contributed by atoms with Crippen LogP contribution in [0.1, 0.15) is 11.1 Å². The maximum Gasteiger partial charge on any atom is 0.270 e. The van der Waals surface area contributed by atoms with Gasteiger partial charge >= 0.3 is 0 Å². The quantitative estimate of drug-likeness (QED) is 0.795. The first-order chi connectivity index (χ1) is 13.5. The molecule has 1 saturated heterocycles. The Morgan fingerprint density at radius 2 is 1.89 bits per heavy atom. The first kappa shape index (κ1) is 18.3. The molecule has 0 bridgehead atoms. The predicted molar refractivity (Wildman–Crippen MR) is 103 cm³/mol. The van der Waals surface area contributed by atoms with Crippen LogP contribution >= 0.6 is 11.6 Å². The first-order valence-corrected chi connectivity index (χ1v) is 8.86. The molecule has 144 valence electrons. The van der Waals surface area contributed by atoms with Crippen molar-refractivity contribution in [2.45, 2.75) is 13.0 Å². The van der Waals surface area contributed by atoms with Gasteiger partial charge in [0.05, 0.1) is 31.2 Å². The van der Waals surface area contributed by atoms with E-state index in [2.05, 4.69) is 5.48 Å². The van der Waals surface area contributed by atoms with E-state index in [4.69, 9.17) is 25.9 Å². The fraction of sp³-hybridized carbons (Fsp3) is 0.200. The summed E-state index contributed by atoms with van der Waals surface area (Å²) in [6.45, 7) is 1.81. The van der Waals surface area contributed by atoms with Gasteiger partial charge in [-0.15, -0.1) is 0 Å². The third-order valence-electron chi connectivity index (χ3n) is 4.78. The van der Waals surface area contributed by atoms with Crippen LogP contribution in [0.15, 0.2) is 42.0 Å². The lowest BCUT2D eigenvalue weighted by Gasteiger charge is -2.18. The smallest absolute Gasteiger partial charge is 0.270 e. The summed E-state index contributed by atoms with van der Waals surface area (Å²) in [5, 5.41) is 0.431. The van der Waals surface area contributed by atoms with Crippen LogP contribution in [0.4, 0.5) is 5.69 Å². The van der Waals surface area contributed by atoms with Gasteiger partial charge < -0.3 is 9.47 Å². The van der Waals surface area contributed by atoms with Gasteiger partial charge in [0.25, 0.3) is 11.8 Å². The highest BCUT2D eigenvalue weighted by atomic mass is 35.5. The minimum Gasteiger partial charge on any atom is -0.497 e. The van der Waals surface area contributed by atoms with Crippen molar-refractivity contribution >= 4 is 34.8 Å². The number of aryl methyl sites for hydroxylation is 1. The summed E-state index contributed by atoms with van der Waals surface area (Å²) < 4.78 is 10.7. The van der Waals surface area contributed by atoms with Crippen LogP contribution in [-0.4, -0.2) is 32.1 Å². The number of hydroxylamine groups is 1. The molecule has 0 aromatic heterocycles. The number of fused-ring (bicyclic) bond motifs is 1. The molecule has 1 N–H and O–H groups in total. The van der Waals surface area contributed by atoms with E-state index in [1.165, 1.54) is 7.11 Å². The topological polar surface area (TPSA) is 77.1 Å². The van der Waals surface area contributed by atoms with Crippen LogP contribution in [0.25, 0.3) is 5.70 Å². The lowest BCUT2D eigenvalue weighted by molar-refractivity contribution is -0.127. The molecular formula is C20H17ClN2O5. The summed E-state index contributed by atoms with van der Waals surface area (Å²) in [7, 11) is 3.06. The van der Waals surface area contributed by atoms with E-state index in [9.17, 15) is 9.59 Å². The number of imide groups is 1. The van der Waals surface area contributed by atoms with Crippen molar-refractivity contribution in [2.24, 2.45) is 0 Å². The highest BCUT2D eigenvalue weighted by Crippen LogP contribution is 2.40. The van der Waals surface area contributed by atoms with Gasteiger partial charge in [0.1, 0.15) is 11.5 Å². The van der Waals surface area contributed by atoms with Gasteiger partial charge in [-0.05, 0) is 42.8 Å². The van der Waals surface area contributed by atoms with Crippen molar-refractivity contribution in [1.82, 2.24) is 5.48 Å². The molecule has 4 rings (SSSR count). The Kier molecular flexibility index (Phi) is 4.49. The molecule has 2 amide bonds. The zero-order valence-corrected chi connectivity index (χ0v) is 16.2. The van der Waals surface area contributed by atoms with Crippen LogP contribution in [0, 0.1) is 6.92 Å². The summed E-state index contributed by atoms with van der Waals surface area (Å²) in [4.78, 5) is 32.7. The molecule has 7 nitrogen and oxygen atoms in total. The third-order valence-corrected chi connectivity index (χ3v) is 5.01. The fourth-order valence-electron chi connectivity index (χ4n) is 3.35. The van der Waals surface area contributed by atoms with Crippen LogP contribution in [-0.2, 0) is 14.4 Å². The van der Waals surface area contributed by atoms with Gasteiger partial charge in [-0.1, -0.05) is 17.7 Å². The molecule has 0 saturated carbocycles. The molecule has 0 spiro atoms. The van der Waals surface area contributed by atoms with E-state index in [-0.39, 0.29) is 5.57 Å². The standard InChI is InChI=1S/C20H17ClN2O5/c1-10-4-5-11(21)8-14(10)23-19(24)16-17(22-28-18(16)20(23)25)13-9-12(26-2)6-7-15(13)27-3/h4-9,18,22H,1-3H3/t18-/m0/s1. The third kappa shape index (κ3) is 2.71. The number of amides is 2. The average molecular weight is 401 g/mol. The second-order valence-electron chi connectivity index (χ2n) is 6.36. The average Bonchev–Trinajstić information content (AvgIpc) is 3.24. The van der Waals surface area contributed by atoms with E-state index in [0.29, 0.717) is 33.5 Å². The Labute approximate surface area is 166 Å². The Hall–Kier alpha value is -3.03. The maximum atomic E-state index is 13.2. The number of carbonyl (C=O) groups is 2. The molecule has 28 heavy (non-hydrogen) atoms. The van der Waals surface area contributed by atoms with Crippen LogP contribution < -0.4 is 19.9 Å². The number of ether oxygens (including phenoxy) is 2. The monoisotopic (exact) mass is 400 g/mol. The lowest BCUT2D eigenvalue weighted by Crippen LogP contribution is -2.34. The number of hydrogen-bond donors (Lipinski definition) is 1. The number of halogens is 1. The van der Waals surface area contributed by atoms with E-state index < -0.39 is 17.9 Å². The molecule has 2 heterocycles. The van der Waals surface area contributed by atoms with Crippen LogP contribution in [0.3, 0.4) is 0 Å². The molecule has 2 aliphatic heterocycles. The Morgan fingerprint density at radius 1 is 1.11 bits per heavy atom. The Morgan fingerprint density at radius 3 is 2.61 bits per heavy atom. The van der Waals surface area contributed by atoms with E-state index in [1.54, 1.807) is 50.4 Å². The summed E-state index contributed by atoms with van der Waals surface area (Å²) in [5.74, 6) is 0.145. The molecule has 0 unspecified atom stereocenters. The molecule has 1 atom stereocenters. The fourth-order valence-corrected chi connectivity index (χ4v) is 3.52. The largest absolute Gasteiger partial charge is 0.497 e. The predicted octanol–water partition coefficient (Wildman–Crippen LogP) is 2.85. The van der Waals surface area contributed by atoms with Gasteiger partial charge in [0.2, 0.25) is 0 Å². The molecule has 8 heteroatoms. The van der Waals surface area contributed by atoms with Crippen molar-refractivity contribution in [3.05, 3.63) is 58.1 Å². The Bertz CT molecular complexity index is 1030. The molecule has 0 radical (unpaired) electrons. The zero-order chi connectivity index (χ0) is 20.0. The number of carbonyl (C=O) groups excluding carboxylic acids is 2. The molecule has 2 aliphatic rings. The minimum absolute atomic E-state index is 0.218. The minimum atomic E-state index is -1.04.